The lowest BCUT2D eigenvalue weighted by Crippen LogP contribution is -2.27. The first-order chi connectivity index (χ1) is 10.5. The molecule has 0 aliphatic carbocycles. The molecule has 2 aromatic heterocycles. The molecule has 116 valence electrons. The fraction of sp³-hybridized carbons (Fsp3) is 0.312. The van der Waals surface area contributed by atoms with Crippen molar-refractivity contribution in [3.8, 4) is 0 Å². The summed E-state index contributed by atoms with van der Waals surface area (Å²) in [4.78, 5) is 28.7. The predicted molar refractivity (Wildman–Crippen MR) is 88.3 cm³/mol. The average Bonchev–Trinajstić information content (AvgIpc) is 2.97. The molecule has 2 heterocycles. The van der Waals surface area contributed by atoms with Crippen LogP contribution in [0.5, 0.6) is 0 Å². The van der Waals surface area contributed by atoms with Crippen molar-refractivity contribution in [2.24, 2.45) is 0 Å². The van der Waals surface area contributed by atoms with Gasteiger partial charge in [0.25, 0.3) is 5.91 Å². The van der Waals surface area contributed by atoms with E-state index in [-0.39, 0.29) is 18.2 Å². The molecule has 0 bridgehead atoms. The second-order valence-electron chi connectivity index (χ2n) is 5.07. The van der Waals surface area contributed by atoms with E-state index < -0.39 is 0 Å². The summed E-state index contributed by atoms with van der Waals surface area (Å²) >= 11 is 1.38. The Morgan fingerprint density at radius 1 is 1.27 bits per heavy atom. The van der Waals surface area contributed by atoms with E-state index in [1.54, 1.807) is 6.07 Å². The number of carbonyl (C=O) groups excluding carboxylic acids is 2. The third-order valence-corrected chi connectivity index (χ3v) is 4.04. The second-order valence-corrected chi connectivity index (χ2v) is 6.02. The van der Waals surface area contributed by atoms with E-state index in [1.807, 2.05) is 38.3 Å². The summed E-state index contributed by atoms with van der Waals surface area (Å²) in [6, 6.07) is 5.51. The zero-order valence-electron chi connectivity index (χ0n) is 12.9. The van der Waals surface area contributed by atoms with Gasteiger partial charge in [-0.3, -0.25) is 14.6 Å². The molecule has 2 aromatic rings. The van der Waals surface area contributed by atoms with Crippen LogP contribution in [0.4, 0.5) is 5.69 Å². The number of nitrogens with zero attached hydrogens (tertiary/aromatic N) is 1. The van der Waals surface area contributed by atoms with Crippen LogP contribution in [-0.4, -0.2) is 23.3 Å². The van der Waals surface area contributed by atoms with Crippen molar-refractivity contribution in [2.45, 2.75) is 27.2 Å². The van der Waals surface area contributed by atoms with Crippen molar-refractivity contribution < 1.29 is 9.59 Å². The number of pyridine rings is 1. The summed E-state index contributed by atoms with van der Waals surface area (Å²) in [6.45, 7) is 6.04. The van der Waals surface area contributed by atoms with Crippen LogP contribution < -0.4 is 10.6 Å². The maximum absolute atomic E-state index is 12.0. The fourth-order valence-corrected chi connectivity index (χ4v) is 2.84. The van der Waals surface area contributed by atoms with Crippen LogP contribution in [-0.2, 0) is 4.79 Å². The number of aromatic nitrogens is 1. The first-order valence-electron chi connectivity index (χ1n) is 7.04. The predicted octanol–water partition coefficient (Wildman–Crippen LogP) is 2.83. The van der Waals surface area contributed by atoms with Gasteiger partial charge in [-0.15, -0.1) is 11.3 Å². The number of carbonyl (C=O) groups is 2. The molecular weight excluding hydrogens is 298 g/mol. The maximum Gasteiger partial charge on any atom is 0.261 e. The first kappa shape index (κ1) is 16.2. The molecule has 0 saturated heterocycles. The van der Waals surface area contributed by atoms with E-state index in [0.29, 0.717) is 11.4 Å². The van der Waals surface area contributed by atoms with Crippen LogP contribution in [0.3, 0.4) is 0 Å². The van der Waals surface area contributed by atoms with Crippen LogP contribution in [0, 0.1) is 20.8 Å². The third-order valence-electron chi connectivity index (χ3n) is 3.17. The molecule has 22 heavy (non-hydrogen) atoms. The van der Waals surface area contributed by atoms with Crippen molar-refractivity contribution in [3.63, 3.8) is 0 Å². The molecule has 0 fully saturated rings. The van der Waals surface area contributed by atoms with Gasteiger partial charge < -0.3 is 10.6 Å². The number of hydrogen-bond donors (Lipinski definition) is 2. The molecule has 6 heteroatoms. The molecule has 0 atom stereocenters. The smallest absolute Gasteiger partial charge is 0.261 e. The normalized spacial score (nSPS) is 10.3. The lowest BCUT2D eigenvalue weighted by molar-refractivity contribution is -0.116. The van der Waals surface area contributed by atoms with Gasteiger partial charge in [-0.05, 0) is 43.8 Å². The highest BCUT2D eigenvalue weighted by Gasteiger charge is 2.10. The zero-order chi connectivity index (χ0) is 16.1. The number of thiophene rings is 1. The number of nitrogens with one attached hydrogen (secondary N) is 2. The number of hydrogen-bond acceptors (Lipinski definition) is 4. The Bertz CT molecular complexity index is 658. The minimum atomic E-state index is -0.146. The summed E-state index contributed by atoms with van der Waals surface area (Å²) in [5.41, 5.74) is 3.46. The van der Waals surface area contributed by atoms with E-state index >= 15 is 0 Å². The molecule has 2 rings (SSSR count). The number of amides is 2. The zero-order valence-corrected chi connectivity index (χ0v) is 13.7. The topological polar surface area (TPSA) is 71.1 Å². The summed E-state index contributed by atoms with van der Waals surface area (Å²) < 4.78 is 0. The van der Waals surface area contributed by atoms with E-state index in [1.165, 1.54) is 11.3 Å². The molecule has 0 radical (unpaired) electrons. The SMILES string of the molecule is Cc1cc(C)c(NC(=O)CCNC(=O)c2cccs2)c(C)n1. The third kappa shape index (κ3) is 4.14. The fourth-order valence-electron chi connectivity index (χ4n) is 2.20. The Morgan fingerprint density at radius 3 is 2.68 bits per heavy atom. The Labute approximate surface area is 133 Å². The van der Waals surface area contributed by atoms with E-state index in [0.717, 1.165) is 22.6 Å². The van der Waals surface area contributed by atoms with Gasteiger partial charge in [0.1, 0.15) is 0 Å². The highest BCUT2D eigenvalue weighted by Crippen LogP contribution is 2.19. The van der Waals surface area contributed by atoms with Crippen LogP contribution in [0.1, 0.15) is 33.0 Å². The van der Waals surface area contributed by atoms with Gasteiger partial charge in [0.05, 0.1) is 16.3 Å². The van der Waals surface area contributed by atoms with Gasteiger partial charge in [0.15, 0.2) is 0 Å². The number of rotatable bonds is 5. The summed E-state index contributed by atoms with van der Waals surface area (Å²) in [5, 5.41) is 7.44. The molecule has 0 aliphatic rings. The Hall–Kier alpha value is -2.21. The van der Waals surface area contributed by atoms with E-state index in [2.05, 4.69) is 15.6 Å². The molecule has 0 aromatic carbocycles. The van der Waals surface area contributed by atoms with Gasteiger partial charge in [-0.1, -0.05) is 6.07 Å². The van der Waals surface area contributed by atoms with E-state index in [9.17, 15) is 9.59 Å². The largest absolute Gasteiger partial charge is 0.351 e. The van der Waals surface area contributed by atoms with Crippen molar-refractivity contribution in [3.05, 3.63) is 45.4 Å². The minimum Gasteiger partial charge on any atom is -0.351 e. The molecule has 0 spiro atoms. The highest BCUT2D eigenvalue weighted by atomic mass is 32.1. The molecular formula is C16H19N3O2S. The van der Waals surface area contributed by atoms with E-state index in [4.69, 9.17) is 0 Å². The van der Waals surface area contributed by atoms with Crippen LogP contribution in [0.25, 0.3) is 0 Å². The number of anilines is 1. The van der Waals surface area contributed by atoms with Crippen molar-refractivity contribution >= 4 is 28.8 Å². The Kier molecular flexibility index (Phi) is 5.27. The highest BCUT2D eigenvalue weighted by molar-refractivity contribution is 7.12. The molecule has 2 amide bonds. The standard InChI is InChI=1S/C16H19N3O2S/c1-10-9-11(2)18-12(3)15(10)19-14(20)6-7-17-16(21)13-5-4-8-22-13/h4-5,8-9H,6-7H2,1-3H3,(H,17,21)(H,19,20). The molecule has 2 N–H and O–H groups in total. The number of aryl methyl sites for hydroxylation is 3. The monoisotopic (exact) mass is 317 g/mol. The van der Waals surface area contributed by atoms with Crippen LogP contribution in [0.15, 0.2) is 23.6 Å². The molecule has 0 saturated carbocycles. The lowest BCUT2D eigenvalue weighted by Gasteiger charge is -2.12. The van der Waals surface area contributed by atoms with Crippen LogP contribution in [0.2, 0.25) is 0 Å². The van der Waals surface area contributed by atoms with Gasteiger partial charge in [0, 0.05) is 18.7 Å². The molecule has 0 aliphatic heterocycles. The Balaban J connectivity index is 1.85. The summed E-state index contributed by atoms with van der Waals surface area (Å²) in [5.74, 6) is -0.282. The summed E-state index contributed by atoms with van der Waals surface area (Å²) in [6.07, 6.45) is 0.226. The first-order valence-corrected chi connectivity index (χ1v) is 7.91. The maximum atomic E-state index is 12.0. The van der Waals surface area contributed by atoms with Gasteiger partial charge in [-0.2, -0.15) is 0 Å². The lowest BCUT2D eigenvalue weighted by atomic mass is 10.1. The molecule has 5 nitrogen and oxygen atoms in total. The minimum absolute atomic E-state index is 0.136. The second kappa shape index (κ2) is 7.17. The average molecular weight is 317 g/mol. The quantitative estimate of drug-likeness (QED) is 0.891. The van der Waals surface area contributed by atoms with Crippen molar-refractivity contribution in [1.82, 2.24) is 10.3 Å². The molecule has 0 unspecified atom stereocenters. The summed E-state index contributed by atoms with van der Waals surface area (Å²) in [7, 11) is 0. The van der Waals surface area contributed by atoms with Gasteiger partial charge in [-0.25, -0.2) is 0 Å². The van der Waals surface area contributed by atoms with Crippen LogP contribution >= 0.6 is 11.3 Å². The van der Waals surface area contributed by atoms with Gasteiger partial charge >= 0.3 is 0 Å². The van der Waals surface area contributed by atoms with Crippen molar-refractivity contribution in [1.29, 1.82) is 0 Å². The van der Waals surface area contributed by atoms with Gasteiger partial charge in [0.2, 0.25) is 5.91 Å². The van der Waals surface area contributed by atoms with Crippen molar-refractivity contribution in [2.75, 3.05) is 11.9 Å². The Morgan fingerprint density at radius 2 is 2.05 bits per heavy atom.